The quantitative estimate of drug-likeness (QED) is 0.328. The van der Waals surface area contributed by atoms with Gasteiger partial charge in [-0.3, -0.25) is 4.79 Å². The molecule has 31 heavy (non-hydrogen) atoms. The van der Waals surface area contributed by atoms with Gasteiger partial charge in [-0.05, 0) is 84.4 Å². The monoisotopic (exact) mass is 472 g/mol. The summed E-state index contributed by atoms with van der Waals surface area (Å²) in [6.07, 6.45) is 1.50. The summed E-state index contributed by atoms with van der Waals surface area (Å²) in [5, 5.41) is 18.9. The van der Waals surface area contributed by atoms with E-state index in [1.54, 1.807) is 48.5 Å². The summed E-state index contributed by atoms with van der Waals surface area (Å²) in [4.78, 5) is 19.1. The van der Waals surface area contributed by atoms with Crippen LogP contribution in [0.2, 0.25) is 10.0 Å². The fourth-order valence-corrected chi connectivity index (χ4v) is 3.24. The Balaban J connectivity index is 0.000000210. The number of phenolic OH excluding ortho intramolecular Hbond substituents is 2. The molecule has 0 spiro atoms. The molecule has 8 heteroatoms. The lowest BCUT2D eigenvalue weighted by Gasteiger charge is -2.04. The van der Waals surface area contributed by atoms with E-state index in [4.69, 9.17) is 34.8 Å². The molecular weight excluding hydrogens is 459 g/mol. The molecule has 2 N–H and O–H groups in total. The molecule has 0 atom stereocenters. The number of hydrogen-bond donors (Lipinski definition) is 2. The average Bonchev–Trinajstić information content (AvgIpc) is 2.75. The smallest absolute Gasteiger partial charge is 0.252 e. The van der Waals surface area contributed by atoms with Crippen LogP contribution in [-0.2, 0) is 0 Å². The highest BCUT2D eigenvalue weighted by Crippen LogP contribution is 2.25. The van der Waals surface area contributed by atoms with Crippen LogP contribution in [0.4, 0.5) is 0 Å². The van der Waals surface area contributed by atoms with Gasteiger partial charge in [-0.25, -0.2) is 9.97 Å². The summed E-state index contributed by atoms with van der Waals surface area (Å²) in [5.74, 6) is 0.447. The van der Waals surface area contributed by atoms with Crippen molar-refractivity contribution >= 4 is 40.0 Å². The van der Waals surface area contributed by atoms with Crippen LogP contribution >= 0.6 is 34.8 Å². The number of nitrogens with zero attached hydrogens (tertiary/aromatic N) is 2. The van der Waals surface area contributed by atoms with E-state index < -0.39 is 5.24 Å². The summed E-state index contributed by atoms with van der Waals surface area (Å²) in [6, 6.07) is 20.0. The molecule has 0 saturated heterocycles. The van der Waals surface area contributed by atoms with Gasteiger partial charge in [0.2, 0.25) is 0 Å². The van der Waals surface area contributed by atoms with Crippen LogP contribution in [0.5, 0.6) is 11.5 Å². The van der Waals surface area contributed by atoms with Crippen LogP contribution in [0.1, 0.15) is 10.4 Å². The fourth-order valence-electron chi connectivity index (χ4n) is 2.60. The Morgan fingerprint density at radius 3 is 1.48 bits per heavy atom. The largest absolute Gasteiger partial charge is 0.508 e. The SMILES string of the molecule is O=C(Cl)c1cc(Cl)cc(Cl)c1.Oc1ccc(-c2cc(-c3ccc(O)cc3)ncn2)cc1. The van der Waals surface area contributed by atoms with E-state index >= 15 is 0 Å². The van der Waals surface area contributed by atoms with E-state index in [2.05, 4.69) is 9.97 Å². The number of phenols is 2. The molecule has 0 unspecified atom stereocenters. The van der Waals surface area contributed by atoms with Gasteiger partial charge in [0, 0.05) is 26.7 Å². The Morgan fingerprint density at radius 2 is 1.10 bits per heavy atom. The number of hydrogen-bond acceptors (Lipinski definition) is 5. The number of halogens is 3. The molecule has 0 amide bonds. The molecule has 3 aromatic carbocycles. The van der Waals surface area contributed by atoms with Crippen LogP contribution in [0.15, 0.2) is 79.1 Å². The topological polar surface area (TPSA) is 83.3 Å². The second kappa shape index (κ2) is 10.3. The molecule has 4 rings (SSSR count). The van der Waals surface area contributed by atoms with E-state index in [0.717, 1.165) is 22.5 Å². The number of aromatic hydroxyl groups is 2. The minimum Gasteiger partial charge on any atom is -0.508 e. The van der Waals surface area contributed by atoms with Gasteiger partial charge in [0.25, 0.3) is 5.24 Å². The first-order valence-corrected chi connectivity index (χ1v) is 10.0. The van der Waals surface area contributed by atoms with Crippen molar-refractivity contribution in [2.75, 3.05) is 0 Å². The van der Waals surface area contributed by atoms with Gasteiger partial charge in [0.15, 0.2) is 0 Å². The van der Waals surface area contributed by atoms with Crippen molar-refractivity contribution < 1.29 is 15.0 Å². The van der Waals surface area contributed by atoms with E-state index in [-0.39, 0.29) is 11.5 Å². The average molecular weight is 474 g/mol. The van der Waals surface area contributed by atoms with Crippen molar-refractivity contribution in [3.8, 4) is 34.0 Å². The van der Waals surface area contributed by atoms with Crippen LogP contribution in [0, 0.1) is 0 Å². The molecule has 0 aliphatic heterocycles. The normalized spacial score (nSPS) is 10.2. The van der Waals surface area contributed by atoms with Gasteiger partial charge >= 0.3 is 0 Å². The van der Waals surface area contributed by atoms with Crippen molar-refractivity contribution in [2.24, 2.45) is 0 Å². The summed E-state index contributed by atoms with van der Waals surface area (Å²) in [7, 11) is 0. The summed E-state index contributed by atoms with van der Waals surface area (Å²) in [6.45, 7) is 0. The summed E-state index contributed by atoms with van der Waals surface area (Å²) < 4.78 is 0. The number of carbonyl (C=O) groups is 1. The van der Waals surface area contributed by atoms with Crippen LogP contribution in [-0.4, -0.2) is 25.4 Å². The first kappa shape index (κ1) is 22.6. The zero-order valence-electron chi connectivity index (χ0n) is 15.8. The standard InChI is InChI=1S/C16H12N2O2.C7H3Cl3O/c19-13-5-1-11(2-6-13)15-9-16(18-10-17-15)12-3-7-14(20)8-4-12;8-5-1-4(7(10)11)2-6(9)3-5/h1-10,19-20H;1-3H. The highest BCUT2D eigenvalue weighted by molar-refractivity contribution is 6.68. The van der Waals surface area contributed by atoms with Crippen molar-refractivity contribution in [2.45, 2.75) is 0 Å². The number of aromatic nitrogens is 2. The van der Waals surface area contributed by atoms with Gasteiger partial charge in [0.05, 0.1) is 11.4 Å². The van der Waals surface area contributed by atoms with Crippen molar-refractivity contribution in [3.63, 3.8) is 0 Å². The predicted octanol–water partition coefficient (Wildman–Crippen LogP) is 6.59. The van der Waals surface area contributed by atoms with Gasteiger partial charge in [-0.2, -0.15) is 0 Å². The van der Waals surface area contributed by atoms with Gasteiger partial charge in [0.1, 0.15) is 17.8 Å². The minimum absolute atomic E-state index is 0.224. The van der Waals surface area contributed by atoms with Crippen molar-refractivity contribution in [3.05, 3.63) is 94.7 Å². The molecule has 0 aliphatic rings. The Kier molecular flexibility index (Phi) is 7.47. The Morgan fingerprint density at radius 1 is 0.677 bits per heavy atom. The van der Waals surface area contributed by atoms with E-state index in [9.17, 15) is 15.0 Å². The molecule has 156 valence electrons. The van der Waals surface area contributed by atoms with E-state index in [0.29, 0.717) is 15.6 Å². The number of carbonyl (C=O) groups excluding carboxylic acids is 1. The van der Waals surface area contributed by atoms with Crippen LogP contribution in [0.25, 0.3) is 22.5 Å². The van der Waals surface area contributed by atoms with Gasteiger partial charge < -0.3 is 10.2 Å². The third-order valence-corrected chi connectivity index (χ3v) is 4.74. The molecule has 0 radical (unpaired) electrons. The maximum Gasteiger partial charge on any atom is 0.252 e. The van der Waals surface area contributed by atoms with E-state index in [1.807, 2.05) is 6.07 Å². The lowest BCUT2D eigenvalue weighted by molar-refractivity contribution is 0.108. The zero-order chi connectivity index (χ0) is 22.4. The molecule has 5 nitrogen and oxygen atoms in total. The molecular formula is C23H15Cl3N2O3. The third kappa shape index (κ3) is 6.43. The molecule has 0 saturated carbocycles. The Bertz CT molecular complexity index is 1120. The number of benzene rings is 3. The lowest BCUT2D eigenvalue weighted by Crippen LogP contribution is -1.89. The highest BCUT2D eigenvalue weighted by atomic mass is 35.5. The second-order valence-corrected chi connectivity index (χ2v) is 7.53. The lowest BCUT2D eigenvalue weighted by atomic mass is 10.1. The fraction of sp³-hybridized carbons (Fsp3) is 0. The van der Waals surface area contributed by atoms with Gasteiger partial charge in [-0.15, -0.1) is 0 Å². The van der Waals surface area contributed by atoms with Crippen LogP contribution in [0.3, 0.4) is 0 Å². The summed E-state index contributed by atoms with van der Waals surface area (Å²) in [5.41, 5.74) is 3.69. The van der Waals surface area contributed by atoms with Crippen molar-refractivity contribution in [1.82, 2.24) is 9.97 Å². The molecule has 1 heterocycles. The molecule has 4 aromatic rings. The molecule has 0 aliphatic carbocycles. The van der Waals surface area contributed by atoms with E-state index in [1.165, 1.54) is 24.5 Å². The number of rotatable bonds is 3. The second-order valence-electron chi connectivity index (χ2n) is 6.31. The molecule has 1 aromatic heterocycles. The Hall–Kier alpha value is -3.12. The molecule has 0 bridgehead atoms. The zero-order valence-corrected chi connectivity index (χ0v) is 18.1. The first-order chi connectivity index (χ1) is 14.8. The van der Waals surface area contributed by atoms with Crippen LogP contribution < -0.4 is 0 Å². The maximum absolute atomic E-state index is 10.6. The minimum atomic E-state index is -0.561. The maximum atomic E-state index is 10.6. The van der Waals surface area contributed by atoms with Gasteiger partial charge in [-0.1, -0.05) is 23.2 Å². The molecule has 0 fully saturated rings. The highest BCUT2D eigenvalue weighted by Gasteiger charge is 2.05. The Labute approximate surface area is 193 Å². The van der Waals surface area contributed by atoms with Crippen molar-refractivity contribution in [1.29, 1.82) is 0 Å². The summed E-state index contributed by atoms with van der Waals surface area (Å²) >= 11 is 16.4. The first-order valence-electron chi connectivity index (χ1n) is 8.88. The third-order valence-electron chi connectivity index (χ3n) is 4.08. The predicted molar refractivity (Wildman–Crippen MR) is 123 cm³/mol.